The SMILES string of the molecule is C/C=C1/[C@H](O)CC2C3CC=C4C[C@@H](O)CC[C@]4(C)C3CC[C@]12C. The molecule has 4 aliphatic carbocycles. The molecule has 3 fully saturated rings. The Morgan fingerprint density at radius 2 is 1.83 bits per heavy atom. The number of fused-ring (bicyclic) bond motifs is 5. The summed E-state index contributed by atoms with van der Waals surface area (Å²) in [5.74, 6) is 2.09. The van der Waals surface area contributed by atoms with Gasteiger partial charge in [-0.1, -0.05) is 31.6 Å². The van der Waals surface area contributed by atoms with Crippen LogP contribution in [0, 0.1) is 28.6 Å². The zero-order valence-electron chi connectivity index (χ0n) is 14.9. The first-order chi connectivity index (χ1) is 10.9. The highest BCUT2D eigenvalue weighted by molar-refractivity contribution is 5.31. The lowest BCUT2D eigenvalue weighted by Gasteiger charge is -2.57. The summed E-state index contributed by atoms with van der Waals surface area (Å²) >= 11 is 0. The Bertz CT molecular complexity index is 562. The Morgan fingerprint density at radius 1 is 1.09 bits per heavy atom. The molecule has 2 N–H and O–H groups in total. The van der Waals surface area contributed by atoms with E-state index >= 15 is 0 Å². The highest BCUT2D eigenvalue weighted by Gasteiger charge is 2.58. The average Bonchev–Trinajstić information content (AvgIpc) is 2.77. The second-order valence-electron chi connectivity index (χ2n) is 9.11. The molecule has 0 saturated heterocycles. The minimum Gasteiger partial charge on any atom is -0.393 e. The van der Waals surface area contributed by atoms with Gasteiger partial charge in [0.2, 0.25) is 0 Å². The Labute approximate surface area is 140 Å². The summed E-state index contributed by atoms with van der Waals surface area (Å²) < 4.78 is 0. The fraction of sp³-hybridized carbons (Fsp3) is 0.810. The van der Waals surface area contributed by atoms with Crippen molar-refractivity contribution in [2.24, 2.45) is 28.6 Å². The third kappa shape index (κ3) is 2.07. The topological polar surface area (TPSA) is 40.5 Å². The number of rotatable bonds is 0. The van der Waals surface area contributed by atoms with Crippen LogP contribution in [0.15, 0.2) is 23.3 Å². The molecule has 0 aromatic rings. The fourth-order valence-electron chi connectivity index (χ4n) is 7.03. The van der Waals surface area contributed by atoms with E-state index in [0.717, 1.165) is 38.0 Å². The molecular formula is C21H32O2. The monoisotopic (exact) mass is 316 g/mol. The standard InChI is InChI=1S/C21H32O2/c1-4-16-19(23)12-18-15-6-5-13-11-14(22)7-9-20(13,2)17(15)8-10-21(16,18)3/h4-5,14-15,17-19,22-23H,6-12H2,1-3H3/b16-4-/t14-,15?,17?,18?,19+,20-,21+/m0/s1. The highest BCUT2D eigenvalue weighted by atomic mass is 16.3. The van der Waals surface area contributed by atoms with Gasteiger partial charge >= 0.3 is 0 Å². The van der Waals surface area contributed by atoms with E-state index in [1.807, 2.05) is 0 Å². The van der Waals surface area contributed by atoms with Crippen molar-refractivity contribution in [1.29, 1.82) is 0 Å². The van der Waals surface area contributed by atoms with E-state index in [1.165, 1.54) is 24.0 Å². The van der Waals surface area contributed by atoms with Gasteiger partial charge in [0.25, 0.3) is 0 Å². The van der Waals surface area contributed by atoms with Gasteiger partial charge in [0, 0.05) is 0 Å². The molecule has 0 heterocycles. The van der Waals surface area contributed by atoms with Crippen LogP contribution in [0.2, 0.25) is 0 Å². The van der Waals surface area contributed by atoms with E-state index < -0.39 is 0 Å². The van der Waals surface area contributed by atoms with Gasteiger partial charge < -0.3 is 10.2 Å². The van der Waals surface area contributed by atoms with Gasteiger partial charge in [-0.05, 0) is 86.0 Å². The van der Waals surface area contributed by atoms with Crippen LogP contribution < -0.4 is 0 Å². The van der Waals surface area contributed by atoms with Gasteiger partial charge in [-0.3, -0.25) is 0 Å². The zero-order chi connectivity index (χ0) is 16.4. The largest absolute Gasteiger partial charge is 0.393 e. The first kappa shape index (κ1) is 15.9. The van der Waals surface area contributed by atoms with Crippen molar-refractivity contribution in [3.05, 3.63) is 23.3 Å². The Balaban J connectivity index is 1.70. The minimum atomic E-state index is -0.222. The first-order valence-electron chi connectivity index (χ1n) is 9.62. The predicted molar refractivity (Wildman–Crippen MR) is 92.9 cm³/mol. The summed E-state index contributed by atoms with van der Waals surface area (Å²) in [7, 11) is 0. The second-order valence-corrected chi connectivity index (χ2v) is 9.11. The third-order valence-electron chi connectivity index (χ3n) is 8.27. The van der Waals surface area contributed by atoms with E-state index in [-0.39, 0.29) is 17.6 Å². The number of aliphatic hydroxyl groups excluding tert-OH is 2. The van der Waals surface area contributed by atoms with Crippen LogP contribution in [0.5, 0.6) is 0 Å². The molecule has 0 aromatic carbocycles. The van der Waals surface area contributed by atoms with Crippen molar-refractivity contribution in [3.8, 4) is 0 Å². The van der Waals surface area contributed by atoms with Crippen molar-refractivity contribution < 1.29 is 10.2 Å². The van der Waals surface area contributed by atoms with Gasteiger partial charge in [0.15, 0.2) is 0 Å². The molecule has 3 saturated carbocycles. The average molecular weight is 316 g/mol. The minimum absolute atomic E-state index is 0.123. The van der Waals surface area contributed by atoms with Gasteiger partial charge in [-0.2, -0.15) is 0 Å². The van der Waals surface area contributed by atoms with E-state index in [1.54, 1.807) is 0 Å². The summed E-state index contributed by atoms with van der Waals surface area (Å²) in [5.41, 5.74) is 3.35. The number of hydrogen-bond acceptors (Lipinski definition) is 2. The number of allylic oxidation sites excluding steroid dienone is 2. The smallest absolute Gasteiger partial charge is 0.0758 e. The fourth-order valence-corrected chi connectivity index (χ4v) is 7.03. The highest BCUT2D eigenvalue weighted by Crippen LogP contribution is 2.66. The lowest BCUT2D eigenvalue weighted by molar-refractivity contribution is -0.0278. The normalized spacial score (nSPS) is 54.2. The maximum atomic E-state index is 10.6. The molecule has 0 amide bonds. The van der Waals surface area contributed by atoms with Crippen LogP contribution in [0.4, 0.5) is 0 Å². The van der Waals surface area contributed by atoms with Crippen LogP contribution in [0.25, 0.3) is 0 Å². The van der Waals surface area contributed by atoms with Crippen LogP contribution in [0.3, 0.4) is 0 Å². The molecule has 4 aliphatic rings. The lowest BCUT2D eigenvalue weighted by atomic mass is 9.48. The van der Waals surface area contributed by atoms with Crippen LogP contribution in [-0.2, 0) is 0 Å². The van der Waals surface area contributed by atoms with E-state index in [4.69, 9.17) is 0 Å². The number of hydrogen-bond donors (Lipinski definition) is 2. The number of aliphatic hydroxyl groups is 2. The molecule has 128 valence electrons. The van der Waals surface area contributed by atoms with Crippen LogP contribution in [0.1, 0.15) is 65.7 Å². The Morgan fingerprint density at radius 3 is 2.57 bits per heavy atom. The summed E-state index contributed by atoms with van der Waals surface area (Å²) in [5, 5.41) is 20.7. The Kier molecular flexibility index (Phi) is 3.59. The summed E-state index contributed by atoms with van der Waals surface area (Å²) in [6.07, 6.45) is 11.9. The van der Waals surface area contributed by atoms with Crippen molar-refractivity contribution in [1.82, 2.24) is 0 Å². The quantitative estimate of drug-likeness (QED) is 0.657. The molecule has 0 bridgehead atoms. The van der Waals surface area contributed by atoms with Crippen LogP contribution in [-0.4, -0.2) is 22.4 Å². The summed E-state index contributed by atoms with van der Waals surface area (Å²) in [6, 6.07) is 0. The van der Waals surface area contributed by atoms with E-state index in [9.17, 15) is 10.2 Å². The van der Waals surface area contributed by atoms with Gasteiger partial charge in [0.1, 0.15) is 0 Å². The molecule has 23 heavy (non-hydrogen) atoms. The summed E-state index contributed by atoms with van der Waals surface area (Å²) in [4.78, 5) is 0. The maximum absolute atomic E-state index is 10.6. The molecule has 4 rings (SSSR count). The molecule has 2 nitrogen and oxygen atoms in total. The molecule has 7 atom stereocenters. The first-order valence-corrected chi connectivity index (χ1v) is 9.62. The van der Waals surface area contributed by atoms with Gasteiger partial charge in [0.05, 0.1) is 12.2 Å². The van der Waals surface area contributed by atoms with Crippen LogP contribution >= 0.6 is 0 Å². The van der Waals surface area contributed by atoms with Crippen molar-refractivity contribution in [2.75, 3.05) is 0 Å². The zero-order valence-corrected chi connectivity index (χ0v) is 14.9. The van der Waals surface area contributed by atoms with Crippen molar-refractivity contribution in [3.63, 3.8) is 0 Å². The molecule has 0 radical (unpaired) electrons. The molecule has 0 aromatic heterocycles. The summed E-state index contributed by atoms with van der Waals surface area (Å²) in [6.45, 7) is 6.97. The Hall–Kier alpha value is -0.600. The molecular weight excluding hydrogens is 284 g/mol. The molecule has 3 unspecified atom stereocenters. The van der Waals surface area contributed by atoms with Crippen molar-refractivity contribution >= 4 is 0 Å². The second kappa shape index (κ2) is 5.20. The molecule has 0 spiro atoms. The van der Waals surface area contributed by atoms with Gasteiger partial charge in [-0.15, -0.1) is 0 Å². The molecule has 0 aliphatic heterocycles. The maximum Gasteiger partial charge on any atom is 0.0758 e. The molecule has 2 heteroatoms. The van der Waals surface area contributed by atoms with E-state index in [2.05, 4.69) is 32.9 Å². The van der Waals surface area contributed by atoms with Crippen molar-refractivity contribution in [2.45, 2.75) is 77.9 Å². The predicted octanol–water partition coefficient (Wildman–Crippen LogP) is 4.23. The van der Waals surface area contributed by atoms with E-state index in [0.29, 0.717) is 17.3 Å². The third-order valence-corrected chi connectivity index (χ3v) is 8.27. The van der Waals surface area contributed by atoms with Gasteiger partial charge in [-0.25, -0.2) is 0 Å². The lowest BCUT2D eigenvalue weighted by Crippen LogP contribution is -2.49.